The monoisotopic (exact) mass is 315 g/mol. The Bertz CT molecular complexity index is 680. The molecule has 1 N–H and O–H groups in total. The van der Waals surface area contributed by atoms with Gasteiger partial charge in [0.2, 0.25) is 5.91 Å². The molecule has 1 amide bonds. The molecule has 2 aromatic carbocycles. The van der Waals surface area contributed by atoms with Crippen LogP contribution >= 0.6 is 0 Å². The van der Waals surface area contributed by atoms with Crippen LogP contribution in [0.15, 0.2) is 48.5 Å². The summed E-state index contributed by atoms with van der Waals surface area (Å²) in [5, 5.41) is 2.68. The van der Waals surface area contributed by atoms with E-state index in [1.54, 1.807) is 43.3 Å². The van der Waals surface area contributed by atoms with Gasteiger partial charge in [-0.15, -0.1) is 0 Å². The normalized spacial score (nSPS) is 11.6. The van der Waals surface area contributed by atoms with Gasteiger partial charge in [-0.25, -0.2) is 9.18 Å². The highest BCUT2D eigenvalue weighted by Crippen LogP contribution is 2.19. The van der Waals surface area contributed by atoms with Crippen molar-refractivity contribution in [2.75, 3.05) is 0 Å². The van der Waals surface area contributed by atoms with Crippen LogP contribution in [0.4, 0.5) is 4.39 Å². The third-order valence-corrected chi connectivity index (χ3v) is 3.35. The number of ether oxygens (including phenoxy) is 1. The molecule has 4 nitrogen and oxygen atoms in total. The van der Waals surface area contributed by atoms with E-state index in [-0.39, 0.29) is 11.7 Å². The molecule has 0 radical (unpaired) electrons. The Morgan fingerprint density at radius 2 is 1.70 bits per heavy atom. The average molecular weight is 315 g/mol. The van der Waals surface area contributed by atoms with E-state index in [1.807, 2.05) is 0 Å². The largest absolute Gasteiger partial charge is 0.454 e. The Hall–Kier alpha value is -2.69. The summed E-state index contributed by atoms with van der Waals surface area (Å²) >= 11 is 0. The number of esters is 1. The van der Waals surface area contributed by atoms with E-state index in [4.69, 9.17) is 4.74 Å². The zero-order valence-corrected chi connectivity index (χ0v) is 13.0. The first-order chi connectivity index (χ1) is 11.0. The Morgan fingerprint density at radius 1 is 1.09 bits per heavy atom. The molecule has 1 atom stereocenters. The van der Waals surface area contributed by atoms with Crippen molar-refractivity contribution in [2.45, 2.75) is 26.5 Å². The number of carbonyl (C=O) groups is 2. The minimum Gasteiger partial charge on any atom is -0.454 e. The lowest BCUT2D eigenvalue weighted by Crippen LogP contribution is -2.18. The predicted octanol–water partition coefficient (Wildman–Crippen LogP) is 3.38. The maximum atomic E-state index is 12.9. The van der Waals surface area contributed by atoms with E-state index in [1.165, 1.54) is 19.1 Å². The molecule has 120 valence electrons. The quantitative estimate of drug-likeness (QED) is 0.861. The zero-order valence-electron chi connectivity index (χ0n) is 13.0. The Morgan fingerprint density at radius 3 is 2.26 bits per heavy atom. The SMILES string of the molecule is CC(=O)NCc1ccc(C(=O)O[C@H](C)c2ccc(F)cc2)cc1. The molecule has 0 unspecified atom stereocenters. The molecular formula is C18H18FNO3. The molecule has 2 aromatic rings. The van der Waals surface area contributed by atoms with E-state index in [2.05, 4.69) is 5.32 Å². The first-order valence-electron chi connectivity index (χ1n) is 7.25. The summed E-state index contributed by atoms with van der Waals surface area (Å²) in [5.41, 5.74) is 2.04. The number of nitrogens with one attached hydrogen (secondary N) is 1. The van der Waals surface area contributed by atoms with Crippen LogP contribution in [0, 0.1) is 5.82 Å². The molecule has 23 heavy (non-hydrogen) atoms. The lowest BCUT2D eigenvalue weighted by atomic mass is 10.1. The van der Waals surface area contributed by atoms with Crippen LogP contribution in [-0.4, -0.2) is 11.9 Å². The molecule has 2 rings (SSSR count). The lowest BCUT2D eigenvalue weighted by molar-refractivity contribution is -0.119. The third kappa shape index (κ3) is 4.92. The Kier molecular flexibility index (Phi) is 5.46. The number of hydrogen-bond donors (Lipinski definition) is 1. The van der Waals surface area contributed by atoms with Crippen LogP contribution in [0.5, 0.6) is 0 Å². The second-order valence-corrected chi connectivity index (χ2v) is 5.21. The van der Waals surface area contributed by atoms with Crippen LogP contribution in [0.25, 0.3) is 0 Å². The first kappa shape index (κ1) is 16.7. The van der Waals surface area contributed by atoms with Crippen LogP contribution in [0.3, 0.4) is 0 Å². The van der Waals surface area contributed by atoms with Gasteiger partial charge in [-0.2, -0.15) is 0 Å². The standard InChI is InChI=1S/C18H18FNO3/c1-12(15-7-9-17(19)10-8-15)23-18(22)16-5-3-14(4-6-16)11-20-13(2)21/h3-10,12H,11H2,1-2H3,(H,20,21)/t12-/m1/s1. The first-order valence-corrected chi connectivity index (χ1v) is 7.25. The lowest BCUT2D eigenvalue weighted by Gasteiger charge is -2.14. The molecular weight excluding hydrogens is 297 g/mol. The van der Waals surface area contributed by atoms with E-state index >= 15 is 0 Å². The summed E-state index contributed by atoms with van der Waals surface area (Å²) in [6.07, 6.45) is -0.470. The van der Waals surface area contributed by atoms with Crippen LogP contribution in [-0.2, 0) is 16.1 Å². The van der Waals surface area contributed by atoms with Gasteiger partial charge in [0.15, 0.2) is 0 Å². The smallest absolute Gasteiger partial charge is 0.338 e. The van der Waals surface area contributed by atoms with Gasteiger partial charge in [0.25, 0.3) is 0 Å². The number of carbonyl (C=O) groups excluding carboxylic acids is 2. The van der Waals surface area contributed by atoms with E-state index < -0.39 is 12.1 Å². The highest BCUT2D eigenvalue weighted by Gasteiger charge is 2.13. The maximum Gasteiger partial charge on any atom is 0.338 e. The van der Waals surface area contributed by atoms with Gasteiger partial charge in [-0.05, 0) is 42.3 Å². The second kappa shape index (κ2) is 7.54. The molecule has 0 saturated heterocycles. The molecule has 0 aliphatic heterocycles. The third-order valence-electron chi connectivity index (χ3n) is 3.35. The van der Waals surface area contributed by atoms with E-state index in [0.29, 0.717) is 12.1 Å². The van der Waals surface area contributed by atoms with Crippen molar-refractivity contribution in [3.8, 4) is 0 Å². The fraction of sp³-hybridized carbons (Fsp3) is 0.222. The molecule has 0 heterocycles. The Labute approximate surface area is 134 Å². The van der Waals surface area contributed by atoms with Crippen molar-refractivity contribution in [1.29, 1.82) is 0 Å². The van der Waals surface area contributed by atoms with Gasteiger partial charge in [0, 0.05) is 13.5 Å². The van der Waals surface area contributed by atoms with Gasteiger partial charge in [-0.3, -0.25) is 4.79 Å². The summed E-state index contributed by atoms with van der Waals surface area (Å²) < 4.78 is 18.3. The maximum absolute atomic E-state index is 12.9. The van der Waals surface area contributed by atoms with Crippen LogP contribution < -0.4 is 5.32 Å². The van der Waals surface area contributed by atoms with Crippen molar-refractivity contribution >= 4 is 11.9 Å². The fourth-order valence-corrected chi connectivity index (χ4v) is 2.02. The summed E-state index contributed by atoms with van der Waals surface area (Å²) in [6, 6.07) is 12.7. The molecule has 0 aromatic heterocycles. The van der Waals surface area contributed by atoms with E-state index in [9.17, 15) is 14.0 Å². The number of amides is 1. The Balaban J connectivity index is 1.97. The summed E-state index contributed by atoms with van der Waals surface area (Å²) in [7, 11) is 0. The van der Waals surface area contributed by atoms with Crippen LogP contribution in [0.2, 0.25) is 0 Å². The molecule has 0 aliphatic rings. The molecule has 0 bridgehead atoms. The number of rotatable bonds is 5. The molecule has 0 aliphatic carbocycles. The van der Waals surface area contributed by atoms with Crippen molar-refractivity contribution in [1.82, 2.24) is 5.32 Å². The van der Waals surface area contributed by atoms with Gasteiger partial charge in [0.1, 0.15) is 11.9 Å². The van der Waals surface area contributed by atoms with Crippen molar-refractivity contribution in [2.24, 2.45) is 0 Å². The topological polar surface area (TPSA) is 55.4 Å². The van der Waals surface area contributed by atoms with E-state index in [0.717, 1.165) is 11.1 Å². The minimum absolute atomic E-state index is 0.110. The highest BCUT2D eigenvalue weighted by molar-refractivity contribution is 5.89. The van der Waals surface area contributed by atoms with Crippen LogP contribution in [0.1, 0.15) is 41.4 Å². The number of benzene rings is 2. The summed E-state index contributed by atoms with van der Waals surface area (Å²) in [4.78, 5) is 23.0. The van der Waals surface area contributed by atoms with Gasteiger partial charge in [0.05, 0.1) is 5.56 Å². The second-order valence-electron chi connectivity index (χ2n) is 5.21. The van der Waals surface area contributed by atoms with Gasteiger partial charge in [-0.1, -0.05) is 24.3 Å². The number of halogens is 1. The van der Waals surface area contributed by atoms with Crippen molar-refractivity contribution < 1.29 is 18.7 Å². The highest BCUT2D eigenvalue weighted by atomic mass is 19.1. The molecule has 0 saturated carbocycles. The van der Waals surface area contributed by atoms with Crippen molar-refractivity contribution in [3.63, 3.8) is 0 Å². The molecule has 5 heteroatoms. The molecule has 0 spiro atoms. The minimum atomic E-state index is -0.470. The fourth-order valence-electron chi connectivity index (χ4n) is 2.02. The zero-order chi connectivity index (χ0) is 16.8. The van der Waals surface area contributed by atoms with Crippen molar-refractivity contribution in [3.05, 3.63) is 71.0 Å². The molecule has 0 fully saturated rings. The number of hydrogen-bond acceptors (Lipinski definition) is 3. The van der Waals surface area contributed by atoms with Gasteiger partial charge < -0.3 is 10.1 Å². The summed E-state index contributed by atoms with van der Waals surface area (Å²) in [6.45, 7) is 3.59. The summed E-state index contributed by atoms with van der Waals surface area (Å²) in [5.74, 6) is -0.892. The van der Waals surface area contributed by atoms with Gasteiger partial charge >= 0.3 is 5.97 Å². The average Bonchev–Trinajstić information content (AvgIpc) is 2.54. The predicted molar refractivity (Wildman–Crippen MR) is 84.2 cm³/mol.